The lowest BCUT2D eigenvalue weighted by Crippen LogP contribution is -1.95. The summed E-state index contributed by atoms with van der Waals surface area (Å²) in [5.41, 5.74) is 2.54. The van der Waals surface area contributed by atoms with E-state index < -0.39 is 0 Å². The maximum Gasteiger partial charge on any atom is 0.128 e. The maximum absolute atomic E-state index is 5.36. The van der Waals surface area contributed by atoms with Crippen molar-refractivity contribution in [2.75, 3.05) is 7.11 Å². The van der Waals surface area contributed by atoms with Gasteiger partial charge in [0.05, 0.1) is 12.6 Å². The van der Waals surface area contributed by atoms with Crippen LogP contribution in [-0.2, 0) is 0 Å². The van der Waals surface area contributed by atoms with Crippen molar-refractivity contribution in [2.45, 2.75) is 0 Å². The van der Waals surface area contributed by atoms with Crippen LogP contribution in [0.1, 0.15) is 0 Å². The van der Waals surface area contributed by atoms with E-state index in [1.165, 1.54) is 0 Å². The van der Waals surface area contributed by atoms with E-state index >= 15 is 0 Å². The minimum Gasteiger partial charge on any atom is -0.496 e. The zero-order valence-corrected chi connectivity index (χ0v) is 9.87. The van der Waals surface area contributed by atoms with Crippen LogP contribution in [0.2, 0.25) is 0 Å². The fraction of sp³-hybridized carbons (Fsp3) is 0.0714. The Morgan fingerprint density at radius 2 is 1.67 bits per heavy atom. The van der Waals surface area contributed by atoms with Crippen molar-refractivity contribution in [3.05, 3.63) is 48.5 Å². The fourth-order valence-electron chi connectivity index (χ4n) is 1.97. The lowest BCUT2D eigenvalue weighted by atomic mass is 10.1. The van der Waals surface area contributed by atoms with Gasteiger partial charge in [0.2, 0.25) is 0 Å². The Labute approximate surface area is 104 Å². The smallest absolute Gasteiger partial charge is 0.128 e. The highest BCUT2D eigenvalue weighted by molar-refractivity contribution is 5.93. The number of ether oxygens (including phenoxy) is 1. The van der Waals surface area contributed by atoms with Gasteiger partial charge in [-0.25, -0.2) is 0 Å². The van der Waals surface area contributed by atoms with Crippen LogP contribution in [0.25, 0.3) is 22.2 Å². The van der Waals surface area contributed by atoms with Crippen LogP contribution in [0.15, 0.2) is 48.5 Å². The Morgan fingerprint density at radius 1 is 0.889 bits per heavy atom. The molecular formula is C14H11N3O. The van der Waals surface area contributed by atoms with Crippen LogP contribution in [0, 0.1) is 0 Å². The van der Waals surface area contributed by atoms with Crippen LogP contribution in [-0.4, -0.2) is 22.5 Å². The highest BCUT2D eigenvalue weighted by Crippen LogP contribution is 2.31. The summed E-state index contributed by atoms with van der Waals surface area (Å²) in [6, 6.07) is 15.6. The largest absolute Gasteiger partial charge is 0.496 e. The Morgan fingerprint density at radius 3 is 2.56 bits per heavy atom. The van der Waals surface area contributed by atoms with Gasteiger partial charge < -0.3 is 4.74 Å². The molecule has 0 unspecified atom stereocenters. The standard InChI is InChI=1S/C14H11N3O/c1-18-13-9-5-3-7-11(13)14-10-6-2-4-8-12(10)15-17-16-14/h2-9H,1H3. The van der Waals surface area contributed by atoms with E-state index in [0.29, 0.717) is 0 Å². The molecule has 0 amide bonds. The SMILES string of the molecule is COc1ccccc1-c1nnnc2ccccc12. The van der Waals surface area contributed by atoms with Gasteiger partial charge in [0.25, 0.3) is 0 Å². The summed E-state index contributed by atoms with van der Waals surface area (Å²) in [4.78, 5) is 0. The molecule has 0 bridgehead atoms. The van der Waals surface area contributed by atoms with Crippen LogP contribution in [0.5, 0.6) is 5.75 Å². The molecule has 4 nitrogen and oxygen atoms in total. The average molecular weight is 237 g/mol. The van der Waals surface area contributed by atoms with Gasteiger partial charge in [-0.15, -0.1) is 10.2 Å². The van der Waals surface area contributed by atoms with Crippen molar-refractivity contribution >= 4 is 10.9 Å². The summed E-state index contributed by atoms with van der Waals surface area (Å²) in [6.07, 6.45) is 0. The summed E-state index contributed by atoms with van der Waals surface area (Å²) in [6.45, 7) is 0. The molecule has 0 fully saturated rings. The zero-order valence-electron chi connectivity index (χ0n) is 9.87. The number of fused-ring (bicyclic) bond motifs is 1. The third-order valence-corrected chi connectivity index (χ3v) is 2.82. The summed E-state index contributed by atoms with van der Waals surface area (Å²) in [7, 11) is 1.65. The van der Waals surface area contributed by atoms with E-state index in [9.17, 15) is 0 Å². The maximum atomic E-state index is 5.36. The molecule has 0 aliphatic carbocycles. The third-order valence-electron chi connectivity index (χ3n) is 2.82. The minimum absolute atomic E-state index is 0.781. The number of hydrogen-bond donors (Lipinski definition) is 0. The number of rotatable bonds is 2. The molecule has 0 radical (unpaired) electrons. The van der Waals surface area contributed by atoms with Gasteiger partial charge in [0, 0.05) is 10.9 Å². The van der Waals surface area contributed by atoms with Crippen LogP contribution >= 0.6 is 0 Å². The second-order valence-corrected chi connectivity index (χ2v) is 3.86. The van der Waals surface area contributed by atoms with Crippen molar-refractivity contribution in [3.8, 4) is 17.0 Å². The molecule has 88 valence electrons. The Balaban J connectivity index is 2.32. The van der Waals surface area contributed by atoms with E-state index in [1.54, 1.807) is 7.11 Å². The van der Waals surface area contributed by atoms with E-state index in [4.69, 9.17) is 4.74 Å². The van der Waals surface area contributed by atoms with Crippen LogP contribution < -0.4 is 4.74 Å². The molecule has 4 heteroatoms. The molecule has 1 aromatic heterocycles. The second-order valence-electron chi connectivity index (χ2n) is 3.86. The van der Waals surface area contributed by atoms with E-state index in [-0.39, 0.29) is 0 Å². The lowest BCUT2D eigenvalue weighted by molar-refractivity contribution is 0.416. The number of benzene rings is 2. The molecule has 0 saturated carbocycles. The number of hydrogen-bond acceptors (Lipinski definition) is 4. The van der Waals surface area contributed by atoms with Crippen molar-refractivity contribution in [1.29, 1.82) is 0 Å². The molecule has 0 aliphatic heterocycles. The first kappa shape index (κ1) is 10.7. The molecule has 3 rings (SSSR count). The predicted octanol–water partition coefficient (Wildman–Crippen LogP) is 2.70. The quantitative estimate of drug-likeness (QED) is 0.687. The van der Waals surface area contributed by atoms with Gasteiger partial charge in [0.1, 0.15) is 11.4 Å². The fourth-order valence-corrected chi connectivity index (χ4v) is 1.97. The van der Waals surface area contributed by atoms with Crippen molar-refractivity contribution in [3.63, 3.8) is 0 Å². The van der Waals surface area contributed by atoms with Gasteiger partial charge in [-0.1, -0.05) is 30.3 Å². The number of aromatic nitrogens is 3. The zero-order chi connectivity index (χ0) is 12.4. The Kier molecular flexibility index (Phi) is 2.61. The summed E-state index contributed by atoms with van der Waals surface area (Å²) in [5, 5.41) is 12.9. The first-order valence-corrected chi connectivity index (χ1v) is 5.61. The Hall–Kier alpha value is -2.49. The molecular weight excluding hydrogens is 226 g/mol. The lowest BCUT2D eigenvalue weighted by Gasteiger charge is -2.08. The van der Waals surface area contributed by atoms with Crippen molar-refractivity contribution in [1.82, 2.24) is 15.4 Å². The molecule has 0 N–H and O–H groups in total. The summed E-state index contributed by atoms with van der Waals surface area (Å²) >= 11 is 0. The number of nitrogens with zero attached hydrogens (tertiary/aromatic N) is 3. The molecule has 0 atom stereocenters. The molecule has 0 saturated heterocycles. The monoisotopic (exact) mass is 237 g/mol. The first-order valence-electron chi connectivity index (χ1n) is 5.61. The van der Waals surface area contributed by atoms with Crippen molar-refractivity contribution in [2.24, 2.45) is 0 Å². The molecule has 1 heterocycles. The number of methoxy groups -OCH3 is 1. The molecule has 2 aromatic carbocycles. The topological polar surface area (TPSA) is 47.9 Å². The second kappa shape index (κ2) is 4.41. The van der Waals surface area contributed by atoms with Gasteiger partial charge in [-0.05, 0) is 23.4 Å². The molecule has 18 heavy (non-hydrogen) atoms. The van der Waals surface area contributed by atoms with E-state index in [2.05, 4.69) is 15.4 Å². The summed E-state index contributed by atoms with van der Waals surface area (Å²) in [5.74, 6) is 0.781. The van der Waals surface area contributed by atoms with E-state index in [1.807, 2.05) is 48.5 Å². The van der Waals surface area contributed by atoms with Gasteiger partial charge >= 0.3 is 0 Å². The third kappa shape index (κ3) is 1.68. The van der Waals surface area contributed by atoms with Gasteiger partial charge in [-0.2, -0.15) is 0 Å². The van der Waals surface area contributed by atoms with Gasteiger partial charge in [-0.3, -0.25) is 0 Å². The highest BCUT2D eigenvalue weighted by Gasteiger charge is 2.11. The summed E-state index contributed by atoms with van der Waals surface area (Å²) < 4.78 is 5.36. The molecule has 3 aromatic rings. The van der Waals surface area contributed by atoms with Crippen LogP contribution in [0.4, 0.5) is 0 Å². The van der Waals surface area contributed by atoms with E-state index in [0.717, 1.165) is 27.9 Å². The average Bonchev–Trinajstić information content (AvgIpc) is 2.46. The molecule has 0 spiro atoms. The number of para-hydroxylation sites is 1. The van der Waals surface area contributed by atoms with Crippen LogP contribution in [0.3, 0.4) is 0 Å². The highest BCUT2D eigenvalue weighted by atomic mass is 16.5. The normalized spacial score (nSPS) is 10.5. The first-order chi connectivity index (χ1) is 8.90. The Bertz CT molecular complexity index is 692. The minimum atomic E-state index is 0.781. The van der Waals surface area contributed by atoms with Crippen molar-refractivity contribution < 1.29 is 4.74 Å². The molecule has 0 aliphatic rings. The predicted molar refractivity (Wildman–Crippen MR) is 69.3 cm³/mol. The van der Waals surface area contributed by atoms with Gasteiger partial charge in [0.15, 0.2) is 0 Å².